The summed E-state index contributed by atoms with van der Waals surface area (Å²) in [4.78, 5) is 13.6. The van der Waals surface area contributed by atoms with Gasteiger partial charge in [0, 0.05) is 10.4 Å². The third-order valence-corrected chi connectivity index (χ3v) is 4.79. The van der Waals surface area contributed by atoms with E-state index in [0.29, 0.717) is 5.69 Å². The van der Waals surface area contributed by atoms with Gasteiger partial charge in [-0.1, -0.05) is 13.0 Å². The van der Waals surface area contributed by atoms with Crippen LogP contribution in [0.3, 0.4) is 0 Å². The first-order valence-corrected chi connectivity index (χ1v) is 8.63. The molecule has 2 N–H and O–H groups in total. The van der Waals surface area contributed by atoms with E-state index in [1.165, 1.54) is 0 Å². The van der Waals surface area contributed by atoms with E-state index < -0.39 is 0 Å². The van der Waals surface area contributed by atoms with Crippen LogP contribution >= 0.6 is 11.3 Å². The van der Waals surface area contributed by atoms with Crippen LogP contribution in [0.1, 0.15) is 34.8 Å². The third-order valence-electron chi connectivity index (χ3n) is 3.81. The van der Waals surface area contributed by atoms with Crippen LogP contribution < -0.4 is 10.1 Å². The lowest BCUT2D eigenvalue weighted by molar-refractivity contribution is 0.0931. The summed E-state index contributed by atoms with van der Waals surface area (Å²) in [6.45, 7) is 2.06. The smallest absolute Gasteiger partial charge is 0.269 e. The fraction of sp³-hybridized carbons (Fsp3) is 0.222. The number of aromatic amines is 1. The van der Waals surface area contributed by atoms with Crippen LogP contribution in [0, 0.1) is 0 Å². The molecule has 0 bridgehead atoms. The maximum absolute atomic E-state index is 12.5. The van der Waals surface area contributed by atoms with Gasteiger partial charge in [-0.15, -0.1) is 11.3 Å². The average Bonchev–Trinajstić information content (AvgIpc) is 3.31. The van der Waals surface area contributed by atoms with Gasteiger partial charge in [0.05, 0.1) is 18.8 Å². The van der Waals surface area contributed by atoms with Gasteiger partial charge in [0.15, 0.2) is 0 Å². The SMILES string of the molecule is CC[C@@H](NC(=O)c1cc(-c2ccc(OC)cc2)n[nH]1)c1cccs1. The van der Waals surface area contributed by atoms with E-state index in [1.807, 2.05) is 41.8 Å². The summed E-state index contributed by atoms with van der Waals surface area (Å²) in [5.74, 6) is 0.636. The molecule has 0 fully saturated rings. The molecule has 0 saturated heterocycles. The number of aromatic nitrogens is 2. The average molecular weight is 341 g/mol. The van der Waals surface area contributed by atoms with Crippen molar-refractivity contribution in [2.24, 2.45) is 0 Å². The number of benzene rings is 1. The molecule has 0 saturated carbocycles. The molecule has 24 heavy (non-hydrogen) atoms. The van der Waals surface area contributed by atoms with E-state index in [4.69, 9.17) is 4.74 Å². The number of amides is 1. The van der Waals surface area contributed by atoms with Gasteiger partial charge in [0.1, 0.15) is 11.4 Å². The molecule has 1 amide bonds. The Hall–Kier alpha value is -2.60. The van der Waals surface area contributed by atoms with E-state index in [-0.39, 0.29) is 11.9 Å². The molecule has 0 spiro atoms. The molecular weight excluding hydrogens is 322 g/mol. The Morgan fingerprint density at radius 3 is 2.75 bits per heavy atom. The predicted octanol–water partition coefficient (Wildman–Crippen LogP) is 4.03. The highest BCUT2D eigenvalue weighted by atomic mass is 32.1. The van der Waals surface area contributed by atoms with Crippen LogP contribution in [0.4, 0.5) is 0 Å². The van der Waals surface area contributed by atoms with E-state index in [0.717, 1.165) is 28.3 Å². The Morgan fingerprint density at radius 2 is 2.12 bits per heavy atom. The number of ether oxygens (including phenoxy) is 1. The molecule has 124 valence electrons. The summed E-state index contributed by atoms with van der Waals surface area (Å²) in [6.07, 6.45) is 0.839. The van der Waals surface area contributed by atoms with E-state index in [2.05, 4.69) is 22.4 Å². The maximum Gasteiger partial charge on any atom is 0.269 e. The topological polar surface area (TPSA) is 67.0 Å². The number of nitrogens with one attached hydrogen (secondary N) is 2. The third kappa shape index (κ3) is 3.49. The molecule has 0 radical (unpaired) electrons. The number of H-pyrrole nitrogens is 1. The fourth-order valence-electron chi connectivity index (χ4n) is 2.45. The van der Waals surface area contributed by atoms with Gasteiger partial charge in [0.25, 0.3) is 5.91 Å². The van der Waals surface area contributed by atoms with Crippen molar-refractivity contribution in [3.05, 3.63) is 58.4 Å². The first-order valence-electron chi connectivity index (χ1n) is 7.75. The van der Waals surface area contributed by atoms with Crippen molar-refractivity contribution in [2.75, 3.05) is 7.11 Å². The van der Waals surface area contributed by atoms with Crippen LogP contribution in [0.25, 0.3) is 11.3 Å². The first-order chi connectivity index (χ1) is 11.7. The number of methoxy groups -OCH3 is 1. The number of hydrogen-bond donors (Lipinski definition) is 2. The lowest BCUT2D eigenvalue weighted by Crippen LogP contribution is -2.27. The Morgan fingerprint density at radius 1 is 1.33 bits per heavy atom. The van der Waals surface area contributed by atoms with Crippen LogP contribution in [0.2, 0.25) is 0 Å². The van der Waals surface area contributed by atoms with E-state index >= 15 is 0 Å². The number of carbonyl (C=O) groups is 1. The Kier molecular flexibility index (Phi) is 4.96. The van der Waals surface area contributed by atoms with Crippen molar-refractivity contribution in [2.45, 2.75) is 19.4 Å². The van der Waals surface area contributed by atoms with Gasteiger partial charge in [-0.05, 0) is 48.2 Å². The molecule has 2 heterocycles. The van der Waals surface area contributed by atoms with Gasteiger partial charge < -0.3 is 10.1 Å². The number of thiophene rings is 1. The lowest BCUT2D eigenvalue weighted by Gasteiger charge is -2.14. The fourth-order valence-corrected chi connectivity index (χ4v) is 3.31. The Bertz CT molecular complexity index is 794. The van der Waals surface area contributed by atoms with Gasteiger partial charge in [-0.25, -0.2) is 0 Å². The molecule has 5 nitrogen and oxygen atoms in total. The molecule has 3 rings (SSSR count). The molecule has 1 atom stereocenters. The zero-order valence-electron chi connectivity index (χ0n) is 13.6. The largest absolute Gasteiger partial charge is 0.497 e. The minimum Gasteiger partial charge on any atom is -0.497 e. The number of carbonyl (C=O) groups excluding carboxylic acids is 1. The Labute approximate surface area is 144 Å². The van der Waals surface area contributed by atoms with Crippen LogP contribution in [-0.4, -0.2) is 23.2 Å². The summed E-state index contributed by atoms with van der Waals surface area (Å²) < 4.78 is 5.15. The molecule has 2 aromatic heterocycles. The second-order valence-corrected chi connectivity index (χ2v) is 6.32. The zero-order chi connectivity index (χ0) is 16.9. The molecule has 3 aromatic rings. The van der Waals surface area contributed by atoms with Gasteiger partial charge in [0.2, 0.25) is 0 Å². The van der Waals surface area contributed by atoms with Crippen molar-refractivity contribution in [3.8, 4) is 17.0 Å². The molecule has 0 aliphatic carbocycles. The van der Waals surface area contributed by atoms with Crippen molar-refractivity contribution in [3.63, 3.8) is 0 Å². The minimum absolute atomic E-state index is 0.0187. The quantitative estimate of drug-likeness (QED) is 0.711. The van der Waals surface area contributed by atoms with E-state index in [9.17, 15) is 4.79 Å². The van der Waals surface area contributed by atoms with Crippen molar-refractivity contribution >= 4 is 17.2 Å². The standard InChI is InChI=1S/C18H19N3O2S/c1-3-14(17-5-4-10-24-17)19-18(22)16-11-15(20-21-16)12-6-8-13(23-2)9-7-12/h4-11,14H,3H2,1-2H3,(H,19,22)(H,20,21)/t14-/m1/s1. The summed E-state index contributed by atoms with van der Waals surface area (Å²) in [7, 11) is 1.63. The van der Waals surface area contributed by atoms with Gasteiger partial charge in [-0.2, -0.15) is 5.10 Å². The second kappa shape index (κ2) is 7.31. The normalized spacial score (nSPS) is 11.9. The summed E-state index contributed by atoms with van der Waals surface area (Å²) in [6, 6.07) is 13.4. The summed E-state index contributed by atoms with van der Waals surface area (Å²) in [5.41, 5.74) is 2.11. The summed E-state index contributed by atoms with van der Waals surface area (Å²) in [5, 5.41) is 12.1. The van der Waals surface area contributed by atoms with Crippen molar-refractivity contribution in [1.29, 1.82) is 0 Å². The zero-order valence-corrected chi connectivity index (χ0v) is 14.4. The number of rotatable bonds is 6. The summed E-state index contributed by atoms with van der Waals surface area (Å²) >= 11 is 1.65. The highest BCUT2D eigenvalue weighted by molar-refractivity contribution is 7.10. The molecular formula is C18H19N3O2S. The molecule has 0 unspecified atom stereocenters. The molecule has 0 aliphatic rings. The predicted molar refractivity (Wildman–Crippen MR) is 95.4 cm³/mol. The minimum atomic E-state index is -0.150. The maximum atomic E-state index is 12.5. The van der Waals surface area contributed by atoms with Crippen LogP contribution in [0.5, 0.6) is 5.75 Å². The van der Waals surface area contributed by atoms with Crippen LogP contribution in [0.15, 0.2) is 47.8 Å². The van der Waals surface area contributed by atoms with Crippen molar-refractivity contribution in [1.82, 2.24) is 15.5 Å². The van der Waals surface area contributed by atoms with Gasteiger partial charge >= 0.3 is 0 Å². The molecule has 0 aliphatic heterocycles. The second-order valence-electron chi connectivity index (χ2n) is 5.35. The number of nitrogens with zero attached hydrogens (tertiary/aromatic N) is 1. The molecule has 6 heteroatoms. The highest BCUT2D eigenvalue weighted by Crippen LogP contribution is 2.23. The van der Waals surface area contributed by atoms with Crippen LogP contribution in [-0.2, 0) is 0 Å². The van der Waals surface area contributed by atoms with Crippen molar-refractivity contribution < 1.29 is 9.53 Å². The van der Waals surface area contributed by atoms with Gasteiger partial charge in [-0.3, -0.25) is 9.89 Å². The monoisotopic (exact) mass is 341 g/mol. The van der Waals surface area contributed by atoms with E-state index in [1.54, 1.807) is 24.5 Å². The Balaban J connectivity index is 1.73. The number of hydrogen-bond acceptors (Lipinski definition) is 4. The molecule has 1 aromatic carbocycles. The first kappa shape index (κ1) is 16.3. The lowest BCUT2D eigenvalue weighted by atomic mass is 10.1. The highest BCUT2D eigenvalue weighted by Gasteiger charge is 2.17.